The molecule has 16 aromatic carbocycles. The SMILES string of the molecule is FC(F)(F)C(c1ccc(-c2ccc3cc(-c4c5ccccc5c(-c5ccc6ccccc6c5)c5ccccc45)ccc3c2)cc1)(c1ccc(-c2ccc3cc(-c4c5ccccc5c(-c5ccc6ccccc6c5)c5ccccc45)ccc3c2)cc1)C(F)(F)F. The number of hydrogen-bond donors (Lipinski definition) is 0. The molecule has 0 N–H and O–H groups in total. The Bertz CT molecular complexity index is 5060. The van der Waals surface area contributed by atoms with Gasteiger partial charge in [-0.1, -0.05) is 267 Å². The van der Waals surface area contributed by atoms with Gasteiger partial charge in [-0.2, -0.15) is 26.3 Å². The molecule has 424 valence electrons. The quantitative estimate of drug-likeness (QED) is 0.105. The highest BCUT2D eigenvalue weighted by molar-refractivity contribution is 6.24. The van der Waals surface area contributed by atoms with Gasteiger partial charge in [0.25, 0.3) is 0 Å². The lowest BCUT2D eigenvalue weighted by molar-refractivity contribution is -0.288. The van der Waals surface area contributed by atoms with Gasteiger partial charge in [-0.25, -0.2) is 0 Å². The van der Waals surface area contributed by atoms with E-state index in [1.54, 1.807) is 0 Å². The van der Waals surface area contributed by atoms with Crippen molar-refractivity contribution in [3.8, 4) is 66.8 Å². The molecule has 89 heavy (non-hydrogen) atoms. The molecule has 0 saturated carbocycles. The highest BCUT2D eigenvalue weighted by Gasteiger charge is 2.72. The third kappa shape index (κ3) is 8.76. The van der Waals surface area contributed by atoms with Gasteiger partial charge in [0.05, 0.1) is 0 Å². The van der Waals surface area contributed by atoms with Gasteiger partial charge in [0.1, 0.15) is 0 Å². The van der Waals surface area contributed by atoms with Crippen molar-refractivity contribution in [2.45, 2.75) is 17.8 Å². The normalized spacial score (nSPS) is 12.4. The van der Waals surface area contributed by atoms with Gasteiger partial charge >= 0.3 is 12.4 Å². The average Bonchev–Trinajstić information content (AvgIpc) is 0.804. The van der Waals surface area contributed by atoms with Crippen molar-refractivity contribution < 1.29 is 26.3 Å². The fourth-order valence-corrected chi connectivity index (χ4v) is 14.2. The highest BCUT2D eigenvalue weighted by atomic mass is 19.4. The predicted molar refractivity (Wildman–Crippen MR) is 358 cm³/mol. The molecule has 6 heteroatoms. The Kier molecular flexibility index (Phi) is 12.5. The lowest BCUT2D eigenvalue weighted by Gasteiger charge is -2.38. The first-order chi connectivity index (χ1) is 43.4. The molecule has 0 radical (unpaired) electrons. The van der Waals surface area contributed by atoms with Crippen molar-refractivity contribution in [2.24, 2.45) is 0 Å². The van der Waals surface area contributed by atoms with E-state index in [-0.39, 0.29) is 0 Å². The summed E-state index contributed by atoms with van der Waals surface area (Å²) in [6.07, 6.45) is -11.5. The van der Waals surface area contributed by atoms with Crippen LogP contribution in [-0.4, -0.2) is 12.4 Å². The Morgan fingerprint density at radius 3 is 0.618 bits per heavy atom. The molecule has 0 aliphatic heterocycles. The molecule has 0 aliphatic carbocycles. The van der Waals surface area contributed by atoms with Crippen LogP contribution in [0, 0.1) is 0 Å². The van der Waals surface area contributed by atoms with E-state index in [0.29, 0.717) is 22.3 Å². The molecule has 0 nitrogen and oxygen atoms in total. The monoisotopic (exact) mass is 1160 g/mol. The Labute approximate surface area is 508 Å². The number of halogens is 6. The summed E-state index contributed by atoms with van der Waals surface area (Å²) in [5.41, 5.74) is 4.91. The molecule has 16 rings (SSSR count). The van der Waals surface area contributed by atoms with Crippen LogP contribution in [0.4, 0.5) is 26.3 Å². The molecule has 0 amide bonds. The zero-order valence-corrected chi connectivity index (χ0v) is 47.6. The van der Waals surface area contributed by atoms with Crippen molar-refractivity contribution >= 4 is 86.2 Å². The van der Waals surface area contributed by atoms with E-state index in [9.17, 15) is 0 Å². The zero-order valence-electron chi connectivity index (χ0n) is 47.6. The van der Waals surface area contributed by atoms with Gasteiger partial charge in [-0.3, -0.25) is 0 Å². The molecule has 0 aliphatic rings. The lowest BCUT2D eigenvalue weighted by atomic mass is 9.72. The van der Waals surface area contributed by atoms with Crippen LogP contribution in [0.2, 0.25) is 0 Å². The first kappa shape index (κ1) is 53.6. The molecule has 0 bridgehead atoms. The van der Waals surface area contributed by atoms with E-state index in [2.05, 4.69) is 194 Å². The second kappa shape index (κ2) is 20.7. The standard InChI is InChI=1S/C83H50F6/c84-82(85,86)81(83(87,88)89,67-41-37-53(38-42-67)57-27-29-61-49-65(35-31-59(61)45-57)79-73-21-9-5-17-69(73)77(70-18-6-10-22-74(70)79)63-33-25-51-13-1-3-15-55(51)47-63)68-43-39-54(40-44-68)58-28-30-62-50-66(36-32-60(62)46-58)80-75-23-11-7-19-71(75)78(72-20-8-12-24-76(72)80)64-34-26-52-14-2-4-16-56(52)48-64/h1-50H. The van der Waals surface area contributed by atoms with Gasteiger partial charge in [-0.15, -0.1) is 0 Å². The van der Waals surface area contributed by atoms with E-state index in [1.165, 1.54) is 35.0 Å². The molecular weight excluding hydrogens is 1110 g/mol. The van der Waals surface area contributed by atoms with Crippen LogP contribution in [0.1, 0.15) is 11.1 Å². The van der Waals surface area contributed by atoms with Gasteiger partial charge in [-0.05, 0) is 200 Å². The van der Waals surface area contributed by atoms with E-state index in [4.69, 9.17) is 0 Å². The van der Waals surface area contributed by atoms with Crippen LogP contribution in [0.25, 0.3) is 153 Å². The number of rotatable bonds is 8. The molecule has 0 unspecified atom stereocenters. The van der Waals surface area contributed by atoms with Crippen LogP contribution < -0.4 is 0 Å². The first-order valence-corrected chi connectivity index (χ1v) is 29.7. The van der Waals surface area contributed by atoms with Gasteiger partial charge < -0.3 is 0 Å². The van der Waals surface area contributed by atoms with Crippen LogP contribution in [0.5, 0.6) is 0 Å². The largest absolute Gasteiger partial charge is 0.411 e. The molecule has 16 aromatic rings. The average molecular weight is 1160 g/mol. The van der Waals surface area contributed by atoms with E-state index < -0.39 is 28.9 Å². The minimum atomic E-state index is -5.75. The maximum atomic E-state index is 15.7. The summed E-state index contributed by atoms with van der Waals surface area (Å²) in [6, 6.07) is 97.1. The van der Waals surface area contributed by atoms with Crippen molar-refractivity contribution in [2.75, 3.05) is 0 Å². The molecule has 0 saturated heterocycles. The summed E-state index contributed by atoms with van der Waals surface area (Å²) in [5.74, 6) is 0. The van der Waals surface area contributed by atoms with Crippen LogP contribution in [0.3, 0.4) is 0 Å². The Hall–Kier alpha value is -10.8. The summed E-state index contributed by atoms with van der Waals surface area (Å²) in [6.45, 7) is 0. The number of fused-ring (bicyclic) bond motifs is 8. The van der Waals surface area contributed by atoms with Crippen molar-refractivity contribution in [1.29, 1.82) is 0 Å². The fraction of sp³-hybridized carbons (Fsp3) is 0.0361. The third-order valence-electron chi connectivity index (χ3n) is 18.3. The second-order valence-electron chi connectivity index (χ2n) is 23.3. The summed E-state index contributed by atoms with van der Waals surface area (Å²) >= 11 is 0. The van der Waals surface area contributed by atoms with Gasteiger partial charge in [0.15, 0.2) is 0 Å². The molecule has 0 heterocycles. The predicted octanol–water partition coefficient (Wildman–Crippen LogP) is 24.3. The van der Waals surface area contributed by atoms with Crippen molar-refractivity contribution in [1.82, 2.24) is 0 Å². The Morgan fingerprint density at radius 1 is 0.169 bits per heavy atom. The maximum Gasteiger partial charge on any atom is 0.411 e. The third-order valence-corrected chi connectivity index (χ3v) is 18.3. The minimum absolute atomic E-state index is 0.481. The smallest absolute Gasteiger partial charge is 0.169 e. The van der Waals surface area contributed by atoms with Crippen molar-refractivity contribution in [3.05, 3.63) is 314 Å². The van der Waals surface area contributed by atoms with Crippen molar-refractivity contribution in [3.63, 3.8) is 0 Å². The zero-order chi connectivity index (χ0) is 60.2. The summed E-state index contributed by atoms with van der Waals surface area (Å²) in [7, 11) is 0. The van der Waals surface area contributed by atoms with Gasteiger partial charge in [0, 0.05) is 0 Å². The topological polar surface area (TPSA) is 0 Å². The molecule has 0 spiro atoms. The lowest BCUT2D eigenvalue weighted by Crippen LogP contribution is -2.54. The highest BCUT2D eigenvalue weighted by Crippen LogP contribution is 2.57. The summed E-state index contributed by atoms with van der Waals surface area (Å²) < 4.78 is 94.0. The molecule has 0 aromatic heterocycles. The number of benzene rings is 16. The Balaban J connectivity index is 0.705. The number of alkyl halides is 6. The molecule has 0 atom stereocenters. The van der Waals surface area contributed by atoms with E-state index >= 15 is 26.3 Å². The number of hydrogen-bond acceptors (Lipinski definition) is 0. The van der Waals surface area contributed by atoms with E-state index in [1.807, 2.05) is 60.7 Å². The maximum absolute atomic E-state index is 15.7. The van der Waals surface area contributed by atoms with Crippen LogP contribution in [0.15, 0.2) is 303 Å². The van der Waals surface area contributed by atoms with E-state index in [0.717, 1.165) is 144 Å². The second-order valence-corrected chi connectivity index (χ2v) is 23.3. The molecule has 0 fully saturated rings. The fourth-order valence-electron chi connectivity index (χ4n) is 14.2. The Morgan fingerprint density at radius 2 is 0.360 bits per heavy atom. The summed E-state index contributed by atoms with van der Waals surface area (Å²) in [5, 5.41) is 17.2. The van der Waals surface area contributed by atoms with Crippen LogP contribution >= 0.6 is 0 Å². The first-order valence-electron chi connectivity index (χ1n) is 29.7. The van der Waals surface area contributed by atoms with Crippen LogP contribution in [-0.2, 0) is 5.41 Å². The summed E-state index contributed by atoms with van der Waals surface area (Å²) in [4.78, 5) is 0. The minimum Gasteiger partial charge on any atom is -0.169 e. The molecular formula is C83H50F6. The van der Waals surface area contributed by atoms with Gasteiger partial charge in [0.2, 0.25) is 5.41 Å².